The molecule has 1 aromatic heterocycles. The van der Waals surface area contributed by atoms with Crippen LogP contribution in [0.25, 0.3) is 0 Å². The second kappa shape index (κ2) is 7.10. The standard InChI is InChI=1S/C12H22N4O2/c1-8(2)6-10(7-13)15-11(17)4-5-12-14-9(3)16-18-12/h8,10H,4-7,13H2,1-3H3,(H,15,17). The van der Waals surface area contributed by atoms with Gasteiger partial charge in [0.05, 0.1) is 0 Å². The van der Waals surface area contributed by atoms with E-state index < -0.39 is 0 Å². The van der Waals surface area contributed by atoms with Crippen LogP contribution in [0.3, 0.4) is 0 Å². The minimum atomic E-state index is -0.0260. The van der Waals surface area contributed by atoms with Gasteiger partial charge in [0.1, 0.15) is 0 Å². The predicted octanol–water partition coefficient (Wildman–Crippen LogP) is 0.800. The summed E-state index contributed by atoms with van der Waals surface area (Å²) in [5, 5.41) is 6.59. The number of nitrogens with zero attached hydrogens (tertiary/aromatic N) is 2. The Kier molecular flexibility index (Phi) is 5.77. The molecule has 1 atom stereocenters. The molecule has 102 valence electrons. The van der Waals surface area contributed by atoms with Gasteiger partial charge in [-0.3, -0.25) is 4.79 Å². The molecular weight excluding hydrogens is 232 g/mol. The summed E-state index contributed by atoms with van der Waals surface area (Å²) in [6.07, 6.45) is 1.70. The van der Waals surface area contributed by atoms with Crippen LogP contribution in [0.15, 0.2) is 4.52 Å². The van der Waals surface area contributed by atoms with E-state index >= 15 is 0 Å². The smallest absolute Gasteiger partial charge is 0.227 e. The molecule has 0 spiro atoms. The van der Waals surface area contributed by atoms with Crippen molar-refractivity contribution in [3.05, 3.63) is 11.7 Å². The Labute approximate surface area is 107 Å². The van der Waals surface area contributed by atoms with Gasteiger partial charge in [-0.25, -0.2) is 0 Å². The predicted molar refractivity (Wildman–Crippen MR) is 67.8 cm³/mol. The van der Waals surface area contributed by atoms with Crippen LogP contribution in [0.2, 0.25) is 0 Å². The molecule has 0 saturated heterocycles. The maximum absolute atomic E-state index is 11.7. The first kappa shape index (κ1) is 14.6. The van der Waals surface area contributed by atoms with Crippen molar-refractivity contribution in [1.29, 1.82) is 0 Å². The molecule has 6 heteroatoms. The summed E-state index contributed by atoms with van der Waals surface area (Å²) in [7, 11) is 0. The highest BCUT2D eigenvalue weighted by molar-refractivity contribution is 5.76. The topological polar surface area (TPSA) is 94.0 Å². The van der Waals surface area contributed by atoms with E-state index in [0.717, 1.165) is 6.42 Å². The fraction of sp³-hybridized carbons (Fsp3) is 0.750. The van der Waals surface area contributed by atoms with E-state index in [4.69, 9.17) is 10.3 Å². The maximum Gasteiger partial charge on any atom is 0.227 e. The molecule has 6 nitrogen and oxygen atoms in total. The highest BCUT2D eigenvalue weighted by Gasteiger charge is 2.13. The number of nitrogens with two attached hydrogens (primary N) is 1. The summed E-state index contributed by atoms with van der Waals surface area (Å²) in [4.78, 5) is 15.8. The number of hydrogen-bond acceptors (Lipinski definition) is 5. The highest BCUT2D eigenvalue weighted by Crippen LogP contribution is 2.05. The van der Waals surface area contributed by atoms with Gasteiger partial charge in [-0.15, -0.1) is 0 Å². The third-order valence-corrected chi connectivity index (χ3v) is 2.54. The molecule has 0 aliphatic heterocycles. The van der Waals surface area contributed by atoms with Gasteiger partial charge in [0.2, 0.25) is 11.8 Å². The van der Waals surface area contributed by atoms with Gasteiger partial charge in [0.15, 0.2) is 5.82 Å². The van der Waals surface area contributed by atoms with Gasteiger partial charge in [-0.2, -0.15) is 4.98 Å². The van der Waals surface area contributed by atoms with Crippen molar-refractivity contribution in [3.8, 4) is 0 Å². The van der Waals surface area contributed by atoms with E-state index in [-0.39, 0.29) is 11.9 Å². The Morgan fingerprint density at radius 2 is 2.22 bits per heavy atom. The normalized spacial score (nSPS) is 12.7. The molecule has 0 aliphatic carbocycles. The molecule has 0 fully saturated rings. The van der Waals surface area contributed by atoms with Gasteiger partial charge < -0.3 is 15.6 Å². The van der Waals surface area contributed by atoms with Crippen molar-refractivity contribution >= 4 is 5.91 Å². The number of hydrogen-bond donors (Lipinski definition) is 2. The van der Waals surface area contributed by atoms with E-state index in [1.54, 1.807) is 6.92 Å². The molecule has 0 saturated carbocycles. The van der Waals surface area contributed by atoms with Crippen LogP contribution in [0.1, 0.15) is 38.4 Å². The van der Waals surface area contributed by atoms with Gasteiger partial charge in [0.25, 0.3) is 0 Å². The van der Waals surface area contributed by atoms with E-state index in [1.165, 1.54) is 0 Å². The second-order valence-corrected chi connectivity index (χ2v) is 4.87. The van der Waals surface area contributed by atoms with Crippen molar-refractivity contribution in [1.82, 2.24) is 15.5 Å². The Morgan fingerprint density at radius 1 is 1.50 bits per heavy atom. The monoisotopic (exact) mass is 254 g/mol. The highest BCUT2D eigenvalue weighted by atomic mass is 16.5. The molecule has 0 aliphatic rings. The quantitative estimate of drug-likeness (QED) is 0.750. The van der Waals surface area contributed by atoms with Crippen LogP contribution in [0.4, 0.5) is 0 Å². The molecule has 0 bridgehead atoms. The first-order valence-corrected chi connectivity index (χ1v) is 6.30. The third kappa shape index (κ3) is 5.27. The minimum absolute atomic E-state index is 0.0260. The Morgan fingerprint density at radius 3 is 2.72 bits per heavy atom. The SMILES string of the molecule is Cc1noc(CCC(=O)NC(CN)CC(C)C)n1. The van der Waals surface area contributed by atoms with Crippen LogP contribution in [0.5, 0.6) is 0 Å². The third-order valence-electron chi connectivity index (χ3n) is 2.54. The molecule has 1 heterocycles. The summed E-state index contributed by atoms with van der Waals surface area (Å²) in [6, 6.07) is 0.0434. The van der Waals surface area contributed by atoms with E-state index in [1.807, 2.05) is 0 Å². The Hall–Kier alpha value is -1.43. The van der Waals surface area contributed by atoms with Crippen LogP contribution in [0, 0.1) is 12.8 Å². The summed E-state index contributed by atoms with van der Waals surface area (Å²) in [5.41, 5.74) is 5.62. The van der Waals surface area contributed by atoms with E-state index in [9.17, 15) is 4.79 Å². The first-order valence-electron chi connectivity index (χ1n) is 6.30. The van der Waals surface area contributed by atoms with Crippen LogP contribution >= 0.6 is 0 Å². The van der Waals surface area contributed by atoms with Crippen LogP contribution < -0.4 is 11.1 Å². The summed E-state index contributed by atoms with van der Waals surface area (Å²) < 4.78 is 4.94. The van der Waals surface area contributed by atoms with Gasteiger partial charge in [0, 0.05) is 25.4 Å². The molecule has 1 rings (SSSR count). The molecule has 1 unspecified atom stereocenters. The molecule has 0 radical (unpaired) electrons. The number of amides is 1. The van der Waals surface area contributed by atoms with Gasteiger partial charge >= 0.3 is 0 Å². The number of aromatic nitrogens is 2. The van der Waals surface area contributed by atoms with Crippen LogP contribution in [-0.2, 0) is 11.2 Å². The zero-order chi connectivity index (χ0) is 13.5. The number of rotatable bonds is 7. The molecular formula is C12H22N4O2. The lowest BCUT2D eigenvalue weighted by molar-refractivity contribution is -0.121. The van der Waals surface area contributed by atoms with Crippen molar-refractivity contribution in [3.63, 3.8) is 0 Å². The fourth-order valence-electron chi connectivity index (χ4n) is 1.74. The van der Waals surface area contributed by atoms with E-state index in [0.29, 0.717) is 37.0 Å². The number of carbonyl (C=O) groups excluding carboxylic acids is 1. The van der Waals surface area contributed by atoms with Crippen LogP contribution in [-0.4, -0.2) is 28.6 Å². The van der Waals surface area contributed by atoms with Gasteiger partial charge in [-0.1, -0.05) is 19.0 Å². The van der Waals surface area contributed by atoms with Crippen molar-refractivity contribution in [2.24, 2.45) is 11.7 Å². The Balaban J connectivity index is 2.32. The molecule has 1 aromatic rings. The van der Waals surface area contributed by atoms with Crippen molar-refractivity contribution in [2.45, 2.75) is 46.1 Å². The number of aryl methyl sites for hydroxylation is 2. The summed E-state index contributed by atoms with van der Waals surface area (Å²) in [5.74, 6) is 1.57. The molecule has 3 N–H and O–H groups in total. The minimum Gasteiger partial charge on any atom is -0.352 e. The second-order valence-electron chi connectivity index (χ2n) is 4.87. The number of carbonyl (C=O) groups is 1. The fourth-order valence-corrected chi connectivity index (χ4v) is 1.74. The first-order chi connectivity index (χ1) is 8.51. The zero-order valence-corrected chi connectivity index (χ0v) is 11.3. The lowest BCUT2D eigenvalue weighted by atomic mass is 10.0. The average molecular weight is 254 g/mol. The lowest BCUT2D eigenvalue weighted by Crippen LogP contribution is -2.41. The summed E-state index contributed by atoms with van der Waals surface area (Å²) >= 11 is 0. The average Bonchev–Trinajstić information content (AvgIpc) is 2.71. The maximum atomic E-state index is 11.7. The van der Waals surface area contributed by atoms with Crippen molar-refractivity contribution < 1.29 is 9.32 Å². The summed E-state index contributed by atoms with van der Waals surface area (Å²) in [6.45, 7) is 6.43. The van der Waals surface area contributed by atoms with E-state index in [2.05, 4.69) is 29.3 Å². The molecule has 18 heavy (non-hydrogen) atoms. The lowest BCUT2D eigenvalue weighted by Gasteiger charge is -2.18. The Bertz CT molecular complexity index is 376. The molecule has 1 amide bonds. The zero-order valence-electron chi connectivity index (χ0n) is 11.3. The van der Waals surface area contributed by atoms with Gasteiger partial charge in [-0.05, 0) is 19.3 Å². The molecule has 0 aromatic carbocycles. The van der Waals surface area contributed by atoms with Crippen molar-refractivity contribution in [2.75, 3.05) is 6.54 Å². The largest absolute Gasteiger partial charge is 0.352 e. The number of nitrogens with one attached hydrogen (secondary N) is 1.